The first-order valence-corrected chi connectivity index (χ1v) is 8.29. The number of ether oxygens (including phenoxy) is 2. The number of nitrogens with one attached hydrogen (secondary N) is 1. The smallest absolute Gasteiger partial charge is 0.258 e. The van der Waals surface area contributed by atoms with Gasteiger partial charge in [-0.15, -0.1) is 0 Å². The standard InChI is InChI=1S/C19H18F3NO3/c1-25-16-10-15(22)12(9-17(16)26-11-5-2-3-6-11)19(24)23-18-13(20)7-4-8-14(18)21/h4,7-11H,2-3,5-6H2,1H3,(H,23,24). The summed E-state index contributed by atoms with van der Waals surface area (Å²) in [6.07, 6.45) is 3.77. The molecule has 0 spiro atoms. The third-order valence-electron chi connectivity index (χ3n) is 4.30. The average Bonchev–Trinajstić information content (AvgIpc) is 3.12. The zero-order valence-electron chi connectivity index (χ0n) is 14.2. The molecule has 0 radical (unpaired) electrons. The molecule has 0 aliphatic heterocycles. The highest BCUT2D eigenvalue weighted by Gasteiger charge is 2.23. The second-order valence-electron chi connectivity index (χ2n) is 6.06. The molecule has 0 unspecified atom stereocenters. The Labute approximate surface area is 148 Å². The highest BCUT2D eigenvalue weighted by Crippen LogP contribution is 2.34. The summed E-state index contributed by atoms with van der Waals surface area (Å²) in [5.74, 6) is -3.38. The molecule has 0 saturated heterocycles. The van der Waals surface area contributed by atoms with E-state index in [1.54, 1.807) is 0 Å². The number of benzene rings is 2. The predicted molar refractivity (Wildman–Crippen MR) is 90.1 cm³/mol. The van der Waals surface area contributed by atoms with Crippen LogP contribution in [0.25, 0.3) is 0 Å². The fourth-order valence-corrected chi connectivity index (χ4v) is 2.94. The lowest BCUT2D eigenvalue weighted by molar-refractivity contribution is 0.102. The van der Waals surface area contributed by atoms with E-state index in [0.29, 0.717) is 0 Å². The Balaban J connectivity index is 1.89. The Hall–Kier alpha value is -2.70. The monoisotopic (exact) mass is 365 g/mol. The van der Waals surface area contributed by atoms with E-state index in [4.69, 9.17) is 9.47 Å². The first-order valence-electron chi connectivity index (χ1n) is 8.29. The number of carbonyl (C=O) groups is 1. The van der Waals surface area contributed by atoms with E-state index in [1.807, 2.05) is 0 Å². The van der Waals surface area contributed by atoms with Gasteiger partial charge in [0.2, 0.25) is 0 Å². The topological polar surface area (TPSA) is 47.6 Å². The number of methoxy groups -OCH3 is 1. The summed E-state index contributed by atoms with van der Waals surface area (Å²) >= 11 is 0. The molecule has 4 nitrogen and oxygen atoms in total. The molecule has 0 bridgehead atoms. The highest BCUT2D eigenvalue weighted by molar-refractivity contribution is 6.05. The maximum Gasteiger partial charge on any atom is 0.258 e. The van der Waals surface area contributed by atoms with Crippen molar-refractivity contribution in [2.24, 2.45) is 0 Å². The zero-order valence-corrected chi connectivity index (χ0v) is 14.2. The van der Waals surface area contributed by atoms with Crippen molar-refractivity contribution in [1.82, 2.24) is 0 Å². The Kier molecular flexibility index (Phi) is 5.35. The van der Waals surface area contributed by atoms with Gasteiger partial charge in [-0.25, -0.2) is 13.2 Å². The van der Waals surface area contributed by atoms with Gasteiger partial charge >= 0.3 is 0 Å². The van der Waals surface area contributed by atoms with Crippen molar-refractivity contribution in [3.8, 4) is 11.5 Å². The van der Waals surface area contributed by atoms with Crippen LogP contribution in [0.2, 0.25) is 0 Å². The summed E-state index contributed by atoms with van der Waals surface area (Å²) in [5.41, 5.74) is -1.02. The quantitative estimate of drug-likeness (QED) is 0.836. The molecule has 1 fully saturated rings. The highest BCUT2D eigenvalue weighted by atomic mass is 19.1. The Morgan fingerprint density at radius 3 is 2.31 bits per heavy atom. The van der Waals surface area contributed by atoms with Crippen LogP contribution in [-0.4, -0.2) is 19.1 Å². The van der Waals surface area contributed by atoms with Crippen LogP contribution >= 0.6 is 0 Å². The molecule has 1 amide bonds. The third kappa shape index (κ3) is 3.76. The van der Waals surface area contributed by atoms with Crippen molar-refractivity contribution >= 4 is 11.6 Å². The molecule has 1 saturated carbocycles. The summed E-state index contributed by atoms with van der Waals surface area (Å²) < 4.78 is 52.6. The van der Waals surface area contributed by atoms with Crippen molar-refractivity contribution < 1.29 is 27.4 Å². The molecule has 7 heteroatoms. The van der Waals surface area contributed by atoms with Gasteiger partial charge in [0.25, 0.3) is 5.91 Å². The van der Waals surface area contributed by atoms with Gasteiger partial charge in [-0.1, -0.05) is 6.07 Å². The van der Waals surface area contributed by atoms with Gasteiger partial charge in [0.05, 0.1) is 18.8 Å². The summed E-state index contributed by atoms with van der Waals surface area (Å²) in [5, 5.41) is 2.07. The van der Waals surface area contributed by atoms with E-state index < -0.39 is 29.0 Å². The van der Waals surface area contributed by atoms with Gasteiger partial charge < -0.3 is 14.8 Å². The largest absolute Gasteiger partial charge is 0.493 e. The van der Waals surface area contributed by atoms with Crippen molar-refractivity contribution in [2.45, 2.75) is 31.8 Å². The number of para-hydroxylation sites is 1. The number of amides is 1. The third-order valence-corrected chi connectivity index (χ3v) is 4.30. The van der Waals surface area contributed by atoms with E-state index in [9.17, 15) is 18.0 Å². The minimum atomic E-state index is -0.981. The van der Waals surface area contributed by atoms with E-state index in [-0.39, 0.29) is 23.2 Å². The maximum absolute atomic E-state index is 14.3. The molecule has 1 aliphatic carbocycles. The fourth-order valence-electron chi connectivity index (χ4n) is 2.94. The van der Waals surface area contributed by atoms with Crippen LogP contribution in [0.5, 0.6) is 11.5 Å². The lowest BCUT2D eigenvalue weighted by Gasteiger charge is -2.17. The summed E-state index contributed by atoms with van der Waals surface area (Å²) in [6.45, 7) is 0. The van der Waals surface area contributed by atoms with Crippen molar-refractivity contribution in [3.63, 3.8) is 0 Å². The van der Waals surface area contributed by atoms with Crippen molar-refractivity contribution in [3.05, 3.63) is 53.3 Å². The molecule has 1 N–H and O–H groups in total. The first kappa shape index (κ1) is 18.1. The van der Waals surface area contributed by atoms with Crippen LogP contribution in [0.3, 0.4) is 0 Å². The van der Waals surface area contributed by atoms with Crippen LogP contribution in [0, 0.1) is 17.5 Å². The summed E-state index contributed by atoms with van der Waals surface area (Å²) in [6, 6.07) is 5.38. The van der Waals surface area contributed by atoms with Gasteiger partial charge in [0, 0.05) is 6.07 Å². The van der Waals surface area contributed by atoms with E-state index in [0.717, 1.165) is 43.9 Å². The number of hydrogen-bond donors (Lipinski definition) is 1. The molecular formula is C19H18F3NO3. The molecule has 26 heavy (non-hydrogen) atoms. The molecule has 3 rings (SSSR count). The van der Waals surface area contributed by atoms with Crippen LogP contribution in [-0.2, 0) is 0 Å². The number of rotatable bonds is 5. The minimum absolute atomic E-state index is 0.0331. The second kappa shape index (κ2) is 7.68. The number of anilines is 1. The molecule has 0 aromatic heterocycles. The molecule has 0 heterocycles. The minimum Gasteiger partial charge on any atom is -0.493 e. The van der Waals surface area contributed by atoms with Gasteiger partial charge in [0.1, 0.15) is 23.1 Å². The Morgan fingerprint density at radius 2 is 1.69 bits per heavy atom. The van der Waals surface area contributed by atoms with Crippen LogP contribution in [0.1, 0.15) is 36.0 Å². The van der Waals surface area contributed by atoms with Gasteiger partial charge in [-0.05, 0) is 43.9 Å². The summed E-state index contributed by atoms with van der Waals surface area (Å²) in [7, 11) is 1.37. The fraction of sp³-hybridized carbons (Fsp3) is 0.316. The first-order chi connectivity index (χ1) is 12.5. The Morgan fingerprint density at radius 1 is 1.04 bits per heavy atom. The number of carbonyl (C=O) groups excluding carboxylic acids is 1. The van der Waals surface area contributed by atoms with Crippen molar-refractivity contribution in [1.29, 1.82) is 0 Å². The maximum atomic E-state index is 14.3. The number of hydrogen-bond acceptors (Lipinski definition) is 3. The van der Waals surface area contributed by atoms with Crippen LogP contribution in [0.4, 0.5) is 18.9 Å². The van der Waals surface area contributed by atoms with Crippen LogP contribution in [0.15, 0.2) is 30.3 Å². The molecule has 138 valence electrons. The van der Waals surface area contributed by atoms with Crippen LogP contribution < -0.4 is 14.8 Å². The average molecular weight is 365 g/mol. The lowest BCUT2D eigenvalue weighted by atomic mass is 10.1. The van der Waals surface area contributed by atoms with Gasteiger partial charge in [-0.2, -0.15) is 0 Å². The molecule has 2 aromatic carbocycles. The summed E-state index contributed by atoms with van der Waals surface area (Å²) in [4.78, 5) is 12.3. The lowest BCUT2D eigenvalue weighted by Crippen LogP contribution is -2.17. The normalized spacial score (nSPS) is 14.3. The van der Waals surface area contributed by atoms with Gasteiger partial charge in [-0.3, -0.25) is 4.79 Å². The molecular weight excluding hydrogens is 347 g/mol. The van der Waals surface area contributed by atoms with Gasteiger partial charge in [0.15, 0.2) is 11.5 Å². The molecule has 1 aliphatic rings. The SMILES string of the molecule is COc1cc(F)c(C(=O)Nc2c(F)cccc2F)cc1OC1CCCC1. The Bertz CT molecular complexity index is 800. The predicted octanol–water partition coefficient (Wildman–Crippen LogP) is 4.69. The van der Waals surface area contributed by atoms with E-state index >= 15 is 0 Å². The molecule has 0 atom stereocenters. The zero-order chi connectivity index (χ0) is 18.7. The second-order valence-corrected chi connectivity index (χ2v) is 6.06. The van der Waals surface area contributed by atoms with Crippen molar-refractivity contribution in [2.75, 3.05) is 12.4 Å². The van der Waals surface area contributed by atoms with E-state index in [1.165, 1.54) is 19.2 Å². The number of halogens is 3. The molecule has 2 aromatic rings. The van der Waals surface area contributed by atoms with E-state index in [2.05, 4.69) is 5.32 Å².